The van der Waals surface area contributed by atoms with E-state index in [1.807, 2.05) is 24.7 Å². The van der Waals surface area contributed by atoms with E-state index in [4.69, 9.17) is 11.6 Å². The Balaban J connectivity index is 2.26. The fourth-order valence-corrected chi connectivity index (χ4v) is 2.00. The van der Waals surface area contributed by atoms with Gasteiger partial charge in [-0.05, 0) is 13.0 Å². The second-order valence-electron chi connectivity index (χ2n) is 4.18. The van der Waals surface area contributed by atoms with Crippen LogP contribution in [0.4, 0.5) is 11.4 Å². The minimum Gasteiger partial charge on any atom is -0.374 e. The van der Waals surface area contributed by atoms with Crippen LogP contribution in [0.1, 0.15) is 18.8 Å². The molecule has 19 heavy (non-hydrogen) atoms. The number of hydrogen-bond acceptors (Lipinski definition) is 4. The number of aromatic nitrogens is 2. The number of aryl methyl sites for hydroxylation is 1. The third-order valence-electron chi connectivity index (χ3n) is 2.78. The first kappa shape index (κ1) is 13.4. The number of nitro groups is 1. The second-order valence-corrected chi connectivity index (χ2v) is 4.59. The third kappa shape index (κ3) is 2.85. The van der Waals surface area contributed by atoms with Gasteiger partial charge in [-0.3, -0.25) is 10.1 Å². The van der Waals surface area contributed by atoms with Crippen LogP contribution in [0.2, 0.25) is 5.02 Å². The quantitative estimate of drug-likeness (QED) is 0.690. The van der Waals surface area contributed by atoms with E-state index in [1.165, 1.54) is 18.2 Å². The molecule has 0 saturated carbocycles. The van der Waals surface area contributed by atoms with Gasteiger partial charge >= 0.3 is 0 Å². The van der Waals surface area contributed by atoms with Gasteiger partial charge in [0.15, 0.2) is 0 Å². The summed E-state index contributed by atoms with van der Waals surface area (Å²) in [6.07, 6.45) is 3.53. The summed E-state index contributed by atoms with van der Waals surface area (Å²) in [6.45, 7) is 1.91. The fraction of sp³-hybridized carbons (Fsp3) is 0.250. The molecule has 1 N–H and O–H groups in total. The molecule has 0 aliphatic heterocycles. The summed E-state index contributed by atoms with van der Waals surface area (Å²) in [4.78, 5) is 14.5. The minimum atomic E-state index is -0.451. The van der Waals surface area contributed by atoms with E-state index in [-0.39, 0.29) is 11.7 Å². The van der Waals surface area contributed by atoms with Crippen molar-refractivity contribution in [2.24, 2.45) is 7.05 Å². The lowest BCUT2D eigenvalue weighted by Crippen LogP contribution is -2.12. The van der Waals surface area contributed by atoms with E-state index in [2.05, 4.69) is 10.3 Å². The molecule has 1 unspecified atom stereocenters. The van der Waals surface area contributed by atoms with Gasteiger partial charge in [-0.15, -0.1) is 0 Å². The van der Waals surface area contributed by atoms with Crippen LogP contribution in [0.15, 0.2) is 30.6 Å². The molecule has 0 spiro atoms. The Bertz CT molecular complexity index is 612. The van der Waals surface area contributed by atoms with Crippen molar-refractivity contribution in [1.82, 2.24) is 9.55 Å². The Kier molecular flexibility index (Phi) is 3.71. The summed E-state index contributed by atoms with van der Waals surface area (Å²) in [5.74, 6) is 0.822. The average Bonchev–Trinajstić information content (AvgIpc) is 2.78. The van der Waals surface area contributed by atoms with E-state index in [0.29, 0.717) is 10.7 Å². The number of non-ortho nitro benzene ring substituents is 1. The maximum Gasteiger partial charge on any atom is 0.271 e. The van der Waals surface area contributed by atoms with Crippen molar-refractivity contribution in [3.63, 3.8) is 0 Å². The van der Waals surface area contributed by atoms with Gasteiger partial charge < -0.3 is 9.88 Å². The smallest absolute Gasteiger partial charge is 0.271 e. The van der Waals surface area contributed by atoms with Crippen LogP contribution in [-0.2, 0) is 7.05 Å². The number of rotatable bonds is 4. The van der Waals surface area contributed by atoms with Crippen LogP contribution in [-0.4, -0.2) is 14.5 Å². The highest BCUT2D eigenvalue weighted by Gasteiger charge is 2.14. The maximum atomic E-state index is 10.8. The Hall–Kier alpha value is -2.08. The summed E-state index contributed by atoms with van der Waals surface area (Å²) in [6, 6.07) is 4.19. The highest BCUT2D eigenvalue weighted by molar-refractivity contribution is 6.33. The molecule has 2 rings (SSSR count). The largest absolute Gasteiger partial charge is 0.374 e. The molecule has 1 heterocycles. The summed E-state index contributed by atoms with van der Waals surface area (Å²) < 4.78 is 1.88. The van der Waals surface area contributed by atoms with Crippen molar-refractivity contribution in [1.29, 1.82) is 0 Å². The molecule has 2 aromatic rings. The lowest BCUT2D eigenvalue weighted by Gasteiger charge is -2.16. The van der Waals surface area contributed by atoms with Gasteiger partial charge in [0.25, 0.3) is 5.69 Å². The van der Waals surface area contributed by atoms with Gasteiger partial charge in [0.1, 0.15) is 5.82 Å². The predicted molar refractivity (Wildman–Crippen MR) is 73.4 cm³/mol. The second kappa shape index (κ2) is 5.27. The molecule has 0 fully saturated rings. The predicted octanol–water partition coefficient (Wildman–Crippen LogP) is 3.15. The van der Waals surface area contributed by atoms with Gasteiger partial charge in [0.2, 0.25) is 0 Å². The zero-order valence-electron chi connectivity index (χ0n) is 10.5. The van der Waals surface area contributed by atoms with Crippen molar-refractivity contribution in [2.45, 2.75) is 13.0 Å². The molecule has 0 bridgehead atoms. The van der Waals surface area contributed by atoms with Gasteiger partial charge in [-0.2, -0.15) is 0 Å². The fourth-order valence-electron chi connectivity index (χ4n) is 1.83. The Labute approximate surface area is 115 Å². The maximum absolute atomic E-state index is 10.8. The van der Waals surface area contributed by atoms with Gasteiger partial charge in [0, 0.05) is 31.6 Å². The van der Waals surface area contributed by atoms with Crippen LogP contribution >= 0.6 is 11.6 Å². The number of benzene rings is 1. The van der Waals surface area contributed by atoms with Gasteiger partial charge in [-0.25, -0.2) is 4.98 Å². The zero-order valence-corrected chi connectivity index (χ0v) is 11.3. The Morgan fingerprint density at radius 1 is 1.53 bits per heavy atom. The molecule has 1 atom stereocenters. The first-order valence-electron chi connectivity index (χ1n) is 5.66. The number of nitro benzene ring substituents is 1. The molecule has 0 radical (unpaired) electrons. The topological polar surface area (TPSA) is 73.0 Å². The first-order chi connectivity index (χ1) is 8.99. The van der Waals surface area contributed by atoms with E-state index >= 15 is 0 Å². The van der Waals surface area contributed by atoms with Crippen molar-refractivity contribution in [3.05, 3.63) is 51.6 Å². The summed E-state index contributed by atoms with van der Waals surface area (Å²) in [5.41, 5.74) is 0.519. The monoisotopic (exact) mass is 280 g/mol. The number of nitrogens with one attached hydrogen (secondary N) is 1. The van der Waals surface area contributed by atoms with Crippen LogP contribution in [0.5, 0.6) is 0 Å². The normalized spacial score (nSPS) is 12.2. The van der Waals surface area contributed by atoms with Crippen LogP contribution in [0.3, 0.4) is 0 Å². The molecule has 0 saturated heterocycles. The van der Waals surface area contributed by atoms with Crippen molar-refractivity contribution >= 4 is 23.0 Å². The van der Waals surface area contributed by atoms with E-state index in [9.17, 15) is 10.1 Å². The minimum absolute atomic E-state index is 0.000981. The first-order valence-corrected chi connectivity index (χ1v) is 6.04. The van der Waals surface area contributed by atoms with E-state index in [0.717, 1.165) is 5.82 Å². The lowest BCUT2D eigenvalue weighted by atomic mass is 10.2. The van der Waals surface area contributed by atoms with Crippen molar-refractivity contribution in [2.75, 3.05) is 5.32 Å². The summed E-state index contributed by atoms with van der Waals surface area (Å²) >= 11 is 6.03. The standard InChI is InChI=1S/C12H13ClN4O2/c1-8(12-14-5-6-16(12)2)15-11-7-9(17(18)19)3-4-10(11)13/h3-8,15H,1-2H3. The number of anilines is 1. The summed E-state index contributed by atoms with van der Waals surface area (Å²) in [5, 5.41) is 14.3. The SMILES string of the molecule is CC(Nc1cc([N+](=O)[O-])ccc1Cl)c1nccn1C. The molecule has 0 aliphatic rings. The highest BCUT2D eigenvalue weighted by atomic mass is 35.5. The Morgan fingerprint density at radius 3 is 2.84 bits per heavy atom. The number of hydrogen-bond donors (Lipinski definition) is 1. The van der Waals surface area contributed by atoms with Crippen molar-refractivity contribution < 1.29 is 4.92 Å². The third-order valence-corrected chi connectivity index (χ3v) is 3.11. The highest BCUT2D eigenvalue weighted by Crippen LogP contribution is 2.29. The number of halogens is 1. The van der Waals surface area contributed by atoms with Crippen LogP contribution in [0, 0.1) is 10.1 Å². The average molecular weight is 281 g/mol. The number of nitrogens with zero attached hydrogens (tertiary/aromatic N) is 3. The molecular weight excluding hydrogens is 268 g/mol. The molecule has 6 nitrogen and oxygen atoms in total. The zero-order chi connectivity index (χ0) is 14.0. The van der Waals surface area contributed by atoms with E-state index < -0.39 is 4.92 Å². The molecule has 0 aliphatic carbocycles. The molecule has 1 aromatic heterocycles. The molecule has 100 valence electrons. The van der Waals surface area contributed by atoms with Crippen LogP contribution in [0.25, 0.3) is 0 Å². The summed E-state index contributed by atoms with van der Waals surface area (Å²) in [7, 11) is 1.88. The lowest BCUT2D eigenvalue weighted by molar-refractivity contribution is -0.384. The molecule has 7 heteroatoms. The van der Waals surface area contributed by atoms with Gasteiger partial charge in [-0.1, -0.05) is 11.6 Å². The van der Waals surface area contributed by atoms with Gasteiger partial charge in [0.05, 0.1) is 21.7 Å². The van der Waals surface area contributed by atoms with Crippen LogP contribution < -0.4 is 5.32 Å². The molecule has 0 amide bonds. The van der Waals surface area contributed by atoms with Crippen molar-refractivity contribution in [3.8, 4) is 0 Å². The van der Waals surface area contributed by atoms with E-state index in [1.54, 1.807) is 6.20 Å². The number of imidazole rings is 1. The molecular formula is C12H13ClN4O2. The molecule has 1 aromatic carbocycles. The Morgan fingerprint density at radius 2 is 2.26 bits per heavy atom.